The van der Waals surface area contributed by atoms with Crippen LogP contribution in [0.1, 0.15) is 0 Å². The summed E-state index contributed by atoms with van der Waals surface area (Å²) in [5.41, 5.74) is 3.10. The molecule has 0 N–H and O–H groups in total. The minimum Gasteiger partial charge on any atom is -0.368 e. The molecule has 1 aliphatic rings. The van der Waals surface area contributed by atoms with Crippen molar-refractivity contribution >= 4 is 34.1 Å². The van der Waals surface area contributed by atoms with Gasteiger partial charge in [-0.3, -0.25) is 4.79 Å². The van der Waals surface area contributed by atoms with Crippen LogP contribution in [0.2, 0.25) is 0 Å². The molecule has 0 saturated carbocycles. The number of para-hydroxylation sites is 1. The Morgan fingerprint density at radius 2 is 1.53 bits per heavy atom. The van der Waals surface area contributed by atoms with Crippen LogP contribution in [0.3, 0.4) is 0 Å². The second-order valence-corrected chi connectivity index (χ2v) is 8.81. The quantitative estimate of drug-likeness (QED) is 0.420. The van der Waals surface area contributed by atoms with Crippen LogP contribution in [0, 0.1) is 0 Å². The maximum Gasteiger partial charge on any atom is 0.233 e. The molecule has 0 atom stereocenters. The van der Waals surface area contributed by atoms with Gasteiger partial charge in [0.1, 0.15) is 5.03 Å². The number of carbonyl (C=O) groups excluding carboxylic acids is 1. The lowest BCUT2D eigenvalue weighted by Crippen LogP contribution is -2.49. The number of carbonyl (C=O) groups is 1. The lowest BCUT2D eigenvalue weighted by molar-refractivity contribution is -0.128. The fourth-order valence-corrected chi connectivity index (χ4v) is 4.70. The molecule has 0 bridgehead atoms. The van der Waals surface area contributed by atoms with Gasteiger partial charge in [-0.15, -0.1) is 10.2 Å². The number of benzene rings is 3. The van der Waals surface area contributed by atoms with E-state index in [0.717, 1.165) is 42.5 Å². The summed E-state index contributed by atoms with van der Waals surface area (Å²) in [6, 6.07) is 28.9. The number of hydrogen-bond acceptors (Lipinski definition) is 5. The summed E-state index contributed by atoms with van der Waals surface area (Å²) in [6.07, 6.45) is 0. The fraction of sp³-hybridized carbons (Fsp3) is 0.192. The number of anilines is 1. The van der Waals surface area contributed by atoms with E-state index < -0.39 is 0 Å². The van der Waals surface area contributed by atoms with Gasteiger partial charge in [0.2, 0.25) is 5.91 Å². The Hall–Kier alpha value is -3.38. The van der Waals surface area contributed by atoms with Crippen LogP contribution in [-0.4, -0.2) is 52.9 Å². The van der Waals surface area contributed by atoms with Crippen molar-refractivity contribution < 1.29 is 4.79 Å². The van der Waals surface area contributed by atoms with Crippen molar-refractivity contribution in [3.05, 3.63) is 84.9 Å². The van der Waals surface area contributed by atoms with Crippen molar-refractivity contribution in [2.45, 2.75) is 5.03 Å². The number of piperazine rings is 1. The highest BCUT2D eigenvalue weighted by Gasteiger charge is 2.21. The summed E-state index contributed by atoms with van der Waals surface area (Å²) < 4.78 is 0. The maximum absolute atomic E-state index is 12.7. The Kier molecular flexibility index (Phi) is 6.03. The van der Waals surface area contributed by atoms with E-state index in [1.54, 1.807) is 0 Å². The number of rotatable bonds is 5. The first-order valence-corrected chi connectivity index (χ1v) is 11.8. The summed E-state index contributed by atoms with van der Waals surface area (Å²) in [5, 5.41) is 11.9. The Labute approximate surface area is 192 Å². The zero-order valence-corrected chi connectivity index (χ0v) is 18.5. The van der Waals surface area contributed by atoms with Crippen LogP contribution in [0.25, 0.3) is 22.0 Å². The Bertz CT molecular complexity index is 1210. The molecule has 2 heterocycles. The fourth-order valence-electron chi connectivity index (χ4n) is 3.98. The first-order valence-electron chi connectivity index (χ1n) is 10.8. The van der Waals surface area contributed by atoms with Crippen LogP contribution in [0.15, 0.2) is 90.0 Å². The molecular formula is C26H24N4OS. The number of nitrogens with zero attached hydrogens (tertiary/aromatic N) is 4. The van der Waals surface area contributed by atoms with Gasteiger partial charge in [0.15, 0.2) is 0 Å². The zero-order chi connectivity index (χ0) is 21.8. The van der Waals surface area contributed by atoms with Gasteiger partial charge in [-0.25, -0.2) is 0 Å². The van der Waals surface area contributed by atoms with Gasteiger partial charge in [-0.1, -0.05) is 66.4 Å². The van der Waals surface area contributed by atoms with Crippen LogP contribution < -0.4 is 4.90 Å². The average Bonchev–Trinajstić information content (AvgIpc) is 2.88. The summed E-state index contributed by atoms with van der Waals surface area (Å²) in [7, 11) is 0. The van der Waals surface area contributed by atoms with E-state index >= 15 is 0 Å². The zero-order valence-electron chi connectivity index (χ0n) is 17.7. The van der Waals surface area contributed by atoms with Gasteiger partial charge in [0.05, 0.1) is 11.4 Å². The highest BCUT2D eigenvalue weighted by molar-refractivity contribution is 7.99. The van der Waals surface area contributed by atoms with Crippen LogP contribution in [0.5, 0.6) is 0 Å². The van der Waals surface area contributed by atoms with Crippen LogP contribution in [0.4, 0.5) is 5.69 Å². The third kappa shape index (κ3) is 4.60. The smallest absolute Gasteiger partial charge is 0.233 e. The summed E-state index contributed by atoms with van der Waals surface area (Å²) in [6.45, 7) is 3.23. The molecule has 0 radical (unpaired) electrons. The molecule has 1 aliphatic heterocycles. The number of hydrogen-bond donors (Lipinski definition) is 0. The van der Waals surface area contributed by atoms with Crippen LogP contribution >= 0.6 is 11.8 Å². The molecule has 160 valence electrons. The third-order valence-corrected chi connectivity index (χ3v) is 6.69. The van der Waals surface area contributed by atoms with Gasteiger partial charge in [0, 0.05) is 37.4 Å². The van der Waals surface area contributed by atoms with Gasteiger partial charge in [-0.2, -0.15) is 0 Å². The number of amides is 1. The first-order chi connectivity index (χ1) is 15.8. The Morgan fingerprint density at radius 3 is 2.28 bits per heavy atom. The maximum atomic E-state index is 12.7. The highest BCUT2D eigenvalue weighted by atomic mass is 32.2. The Balaban J connectivity index is 1.15. The molecule has 1 saturated heterocycles. The average molecular weight is 441 g/mol. The second-order valence-electron chi connectivity index (χ2n) is 7.81. The molecule has 1 aromatic heterocycles. The first kappa shape index (κ1) is 20.5. The second kappa shape index (κ2) is 9.40. The standard InChI is InChI=1S/C26H24N4OS/c31-26(30-16-14-29(15-17-30)23-8-2-1-3-9-23)19-32-25-13-12-24(27-28-25)22-11-10-20-6-4-5-7-21(20)18-22/h1-13,18H,14-17,19H2. The third-order valence-electron chi connectivity index (χ3n) is 5.78. The van der Waals surface area contributed by atoms with Gasteiger partial charge >= 0.3 is 0 Å². The number of fused-ring (bicyclic) bond motifs is 1. The van der Waals surface area contributed by atoms with Crippen molar-refractivity contribution in [2.24, 2.45) is 0 Å². The molecule has 0 aliphatic carbocycles. The minimum absolute atomic E-state index is 0.156. The largest absolute Gasteiger partial charge is 0.368 e. The van der Waals surface area contributed by atoms with E-state index in [-0.39, 0.29) is 5.91 Å². The molecule has 0 unspecified atom stereocenters. The van der Waals surface area contributed by atoms with Gasteiger partial charge < -0.3 is 9.80 Å². The minimum atomic E-state index is 0.156. The van der Waals surface area contributed by atoms with Crippen LogP contribution in [-0.2, 0) is 4.79 Å². The summed E-state index contributed by atoms with van der Waals surface area (Å²) in [5.74, 6) is 0.540. The molecule has 6 heteroatoms. The van der Waals surface area contributed by atoms with E-state index in [1.807, 2.05) is 35.2 Å². The van der Waals surface area contributed by atoms with E-state index in [4.69, 9.17) is 0 Å². The van der Waals surface area contributed by atoms with Crippen molar-refractivity contribution in [3.8, 4) is 11.3 Å². The molecule has 3 aromatic carbocycles. The van der Waals surface area contributed by atoms with E-state index in [1.165, 1.54) is 28.2 Å². The molecule has 1 fully saturated rings. The molecule has 5 nitrogen and oxygen atoms in total. The topological polar surface area (TPSA) is 49.3 Å². The van der Waals surface area contributed by atoms with E-state index in [0.29, 0.717) is 5.75 Å². The molecule has 32 heavy (non-hydrogen) atoms. The normalized spacial score (nSPS) is 14.0. The number of thioether (sulfide) groups is 1. The lowest BCUT2D eigenvalue weighted by atomic mass is 10.1. The molecular weight excluding hydrogens is 416 g/mol. The lowest BCUT2D eigenvalue weighted by Gasteiger charge is -2.36. The molecule has 4 aromatic rings. The van der Waals surface area contributed by atoms with Crippen molar-refractivity contribution in [2.75, 3.05) is 36.8 Å². The predicted octanol–water partition coefficient (Wildman–Crippen LogP) is 4.74. The molecule has 0 spiro atoms. The SMILES string of the molecule is O=C(CSc1ccc(-c2ccc3ccccc3c2)nn1)N1CCN(c2ccccc2)CC1. The van der Waals surface area contributed by atoms with Crippen molar-refractivity contribution in [1.29, 1.82) is 0 Å². The van der Waals surface area contributed by atoms with Crippen molar-refractivity contribution in [1.82, 2.24) is 15.1 Å². The van der Waals surface area contributed by atoms with Crippen molar-refractivity contribution in [3.63, 3.8) is 0 Å². The highest BCUT2D eigenvalue weighted by Crippen LogP contribution is 2.24. The number of aromatic nitrogens is 2. The Morgan fingerprint density at radius 1 is 0.781 bits per heavy atom. The summed E-state index contributed by atoms with van der Waals surface area (Å²) in [4.78, 5) is 16.9. The monoisotopic (exact) mass is 440 g/mol. The summed E-state index contributed by atoms with van der Waals surface area (Å²) >= 11 is 1.45. The van der Waals surface area contributed by atoms with E-state index in [9.17, 15) is 4.79 Å². The molecule has 5 rings (SSSR count). The molecule has 1 amide bonds. The van der Waals surface area contributed by atoms with Gasteiger partial charge in [-0.05, 0) is 41.1 Å². The predicted molar refractivity (Wildman–Crippen MR) is 131 cm³/mol. The van der Waals surface area contributed by atoms with Gasteiger partial charge in [0.25, 0.3) is 0 Å². The van der Waals surface area contributed by atoms with E-state index in [2.05, 4.69) is 69.7 Å².